The average molecular weight is 131 g/mol. The first-order valence-electron chi connectivity index (χ1n) is 2.93. The van der Waals surface area contributed by atoms with E-state index in [-0.39, 0.29) is 0 Å². The van der Waals surface area contributed by atoms with Gasteiger partial charge in [0.05, 0.1) is 0 Å². The molecule has 0 aliphatic carbocycles. The first-order chi connectivity index (χ1) is 3.77. The highest BCUT2D eigenvalue weighted by Crippen LogP contribution is 1.60. The van der Waals surface area contributed by atoms with Crippen LogP contribution in [0.25, 0.3) is 0 Å². The van der Waals surface area contributed by atoms with E-state index in [1.165, 1.54) is 0 Å². The van der Waals surface area contributed by atoms with Gasteiger partial charge < -0.3 is 16.8 Å². The van der Waals surface area contributed by atoms with Crippen LogP contribution in [0.2, 0.25) is 0 Å². The number of nitrogens with two attached hydrogens (primary N) is 2. The summed E-state index contributed by atoms with van der Waals surface area (Å²) in [6, 6.07) is 0. The Morgan fingerprint density at radius 2 is 2.25 bits per heavy atom. The van der Waals surface area contributed by atoms with E-state index in [0.717, 1.165) is 29.4 Å². The molecule has 0 radical (unpaired) electrons. The third-order valence-corrected chi connectivity index (χ3v) is 1.20. The van der Waals surface area contributed by atoms with E-state index in [1.54, 1.807) is 0 Å². The molecule has 0 saturated heterocycles. The molecule has 0 amide bonds. The minimum Gasteiger partial charge on any atom is -0.340 e. The lowest BCUT2D eigenvalue weighted by Gasteiger charge is -2.04. The van der Waals surface area contributed by atoms with Crippen LogP contribution in [0.5, 0.6) is 0 Å². The molecule has 5 N–H and O–H groups in total. The van der Waals surface area contributed by atoms with Gasteiger partial charge in [0.1, 0.15) is 0 Å². The molecule has 0 aromatic carbocycles. The molecule has 8 heavy (non-hydrogen) atoms. The molecule has 0 heterocycles. The molecule has 0 aliphatic rings. The van der Waals surface area contributed by atoms with Crippen molar-refractivity contribution in [3.05, 3.63) is 0 Å². The summed E-state index contributed by atoms with van der Waals surface area (Å²) in [5.74, 6) is 0. The van der Waals surface area contributed by atoms with Crippen LogP contribution in [0.3, 0.4) is 0 Å². The first-order valence-corrected chi connectivity index (χ1v) is 4.09. The molecular formula is C4H14AlN3. The van der Waals surface area contributed by atoms with E-state index in [9.17, 15) is 0 Å². The predicted molar refractivity (Wildman–Crippen MR) is 38.4 cm³/mol. The van der Waals surface area contributed by atoms with Gasteiger partial charge in [0, 0.05) is 13.1 Å². The van der Waals surface area contributed by atoms with E-state index >= 15 is 0 Å². The zero-order chi connectivity index (χ0) is 6.41. The Balaban J connectivity index is 2.72. The zero-order valence-corrected chi connectivity index (χ0v) is 7.35. The molecule has 0 aromatic heterocycles. The van der Waals surface area contributed by atoms with Crippen LogP contribution in [-0.2, 0) is 0 Å². The van der Waals surface area contributed by atoms with Gasteiger partial charge in [-0.2, -0.15) is 0 Å². The van der Waals surface area contributed by atoms with Gasteiger partial charge in [-0.05, 0) is 11.4 Å². The molecule has 0 aromatic rings. The normalized spacial score (nSPS) is 13.8. The van der Waals surface area contributed by atoms with Gasteiger partial charge in [-0.3, -0.25) is 0 Å². The molecule has 0 bridgehead atoms. The molecule has 0 spiro atoms. The Kier molecular flexibility index (Phi) is 5.83. The maximum atomic E-state index is 5.49. The topological polar surface area (TPSA) is 64.1 Å². The van der Waals surface area contributed by atoms with E-state index in [0.29, 0.717) is 11.4 Å². The molecule has 0 rings (SSSR count). The molecule has 0 fully saturated rings. The number of nitrogens with one attached hydrogen (secondary N) is 1. The van der Waals surface area contributed by atoms with Crippen LogP contribution in [0.4, 0.5) is 0 Å². The number of hydrogen-bond donors (Lipinski definition) is 3. The molecule has 0 aliphatic heterocycles. The van der Waals surface area contributed by atoms with Crippen molar-refractivity contribution in [1.82, 2.24) is 5.32 Å². The van der Waals surface area contributed by atoms with Crippen molar-refractivity contribution >= 4 is 16.3 Å². The summed E-state index contributed by atoms with van der Waals surface area (Å²) < 4.78 is 0. The van der Waals surface area contributed by atoms with Crippen LogP contribution in [0, 0.1) is 0 Å². The standard InChI is InChI=1S/C4H12N3.Al.2H/c5-1-3-7-4-2-6;;;/h1,7H,2-6H2;;;. The van der Waals surface area contributed by atoms with E-state index < -0.39 is 0 Å². The van der Waals surface area contributed by atoms with Gasteiger partial charge >= 0.3 is 0 Å². The van der Waals surface area contributed by atoms with Gasteiger partial charge in [0.2, 0.25) is 16.3 Å². The third-order valence-electron chi connectivity index (χ3n) is 0.787. The van der Waals surface area contributed by atoms with Crippen LogP contribution >= 0.6 is 0 Å². The molecular weight excluding hydrogens is 117 g/mol. The second-order valence-electron chi connectivity index (χ2n) is 1.97. The highest BCUT2D eigenvalue weighted by Gasteiger charge is 1.89. The van der Waals surface area contributed by atoms with E-state index in [1.807, 2.05) is 0 Å². The van der Waals surface area contributed by atoms with E-state index in [4.69, 9.17) is 11.5 Å². The minimum absolute atomic E-state index is 0.376. The van der Waals surface area contributed by atoms with Crippen molar-refractivity contribution in [2.45, 2.75) is 4.90 Å². The van der Waals surface area contributed by atoms with Crippen molar-refractivity contribution < 1.29 is 0 Å². The SMILES string of the molecule is NCCNC[CH](N)[AlH2]. The Hall–Kier alpha value is 0.412. The summed E-state index contributed by atoms with van der Waals surface area (Å²) >= 11 is 1.06. The Morgan fingerprint density at radius 3 is 2.62 bits per heavy atom. The molecule has 1 unspecified atom stereocenters. The summed E-state index contributed by atoms with van der Waals surface area (Å²) in [4.78, 5) is 0.376. The molecule has 0 saturated carbocycles. The third kappa shape index (κ3) is 6.41. The monoisotopic (exact) mass is 131 g/mol. The van der Waals surface area contributed by atoms with Crippen LogP contribution in [-0.4, -0.2) is 40.8 Å². The van der Waals surface area contributed by atoms with Gasteiger partial charge in [0.15, 0.2) is 0 Å². The molecule has 3 nitrogen and oxygen atoms in total. The Morgan fingerprint density at radius 1 is 1.62 bits per heavy atom. The summed E-state index contributed by atoms with van der Waals surface area (Å²) in [5.41, 5.74) is 10.7. The molecule has 48 valence electrons. The fourth-order valence-electron chi connectivity index (χ4n) is 0.432. The lowest BCUT2D eigenvalue weighted by Crippen LogP contribution is -2.36. The fraction of sp³-hybridized carbons (Fsp3) is 1.00. The summed E-state index contributed by atoms with van der Waals surface area (Å²) in [7, 11) is 0. The summed E-state index contributed by atoms with van der Waals surface area (Å²) in [6.45, 7) is 2.51. The fourth-order valence-corrected chi connectivity index (χ4v) is 0.720. The lowest BCUT2D eigenvalue weighted by atomic mass is 10.6. The number of rotatable bonds is 4. The second kappa shape index (κ2) is 5.55. The van der Waals surface area contributed by atoms with Crippen molar-refractivity contribution in [1.29, 1.82) is 0 Å². The van der Waals surface area contributed by atoms with Gasteiger partial charge in [-0.25, -0.2) is 0 Å². The maximum Gasteiger partial charge on any atom is 0.240 e. The van der Waals surface area contributed by atoms with Crippen LogP contribution in [0.1, 0.15) is 0 Å². The van der Waals surface area contributed by atoms with Crippen molar-refractivity contribution in [3.8, 4) is 0 Å². The maximum absolute atomic E-state index is 5.49. The second-order valence-corrected chi connectivity index (χ2v) is 3.45. The van der Waals surface area contributed by atoms with Crippen molar-refractivity contribution in [2.24, 2.45) is 11.5 Å². The Labute approximate surface area is 58.2 Å². The van der Waals surface area contributed by atoms with Crippen LogP contribution in [0.15, 0.2) is 0 Å². The smallest absolute Gasteiger partial charge is 0.240 e. The van der Waals surface area contributed by atoms with Crippen molar-refractivity contribution in [3.63, 3.8) is 0 Å². The van der Waals surface area contributed by atoms with Gasteiger partial charge in [-0.15, -0.1) is 0 Å². The van der Waals surface area contributed by atoms with Crippen LogP contribution < -0.4 is 16.8 Å². The molecule has 4 heteroatoms. The molecule has 1 atom stereocenters. The highest BCUT2D eigenvalue weighted by molar-refractivity contribution is 6.11. The minimum atomic E-state index is 0.376. The van der Waals surface area contributed by atoms with Gasteiger partial charge in [0.25, 0.3) is 0 Å². The zero-order valence-electron chi connectivity index (χ0n) is 5.35. The highest BCUT2D eigenvalue weighted by atomic mass is 27.0. The largest absolute Gasteiger partial charge is 0.340 e. The lowest BCUT2D eigenvalue weighted by molar-refractivity contribution is 0.671. The van der Waals surface area contributed by atoms with Crippen molar-refractivity contribution in [2.75, 3.05) is 19.6 Å². The summed E-state index contributed by atoms with van der Waals surface area (Å²) in [6.07, 6.45) is 0. The summed E-state index contributed by atoms with van der Waals surface area (Å²) in [5, 5.41) is 3.12. The van der Waals surface area contributed by atoms with E-state index in [2.05, 4.69) is 5.32 Å². The van der Waals surface area contributed by atoms with Gasteiger partial charge in [-0.1, -0.05) is 0 Å². The average Bonchev–Trinajstić information content (AvgIpc) is 1.66. The number of hydrogen-bond acceptors (Lipinski definition) is 3. The predicted octanol–water partition coefficient (Wildman–Crippen LogP) is -2.55. The Bertz CT molecular complexity index is 48.5. The quantitative estimate of drug-likeness (QED) is 0.291. The first kappa shape index (κ1) is 8.41.